The summed E-state index contributed by atoms with van der Waals surface area (Å²) >= 11 is 0. The second-order valence-corrected chi connectivity index (χ2v) is 7.66. The van der Waals surface area contributed by atoms with E-state index in [0.29, 0.717) is 25.5 Å². The van der Waals surface area contributed by atoms with Crippen LogP contribution in [0.3, 0.4) is 0 Å². The fourth-order valence-corrected chi connectivity index (χ4v) is 3.88. The van der Waals surface area contributed by atoms with Gasteiger partial charge in [-0.2, -0.15) is 4.98 Å². The molecule has 1 saturated carbocycles. The maximum atomic E-state index is 5.49. The van der Waals surface area contributed by atoms with Crippen LogP contribution in [0.1, 0.15) is 25.7 Å². The molecule has 0 spiro atoms. The minimum absolute atomic E-state index is 0.205. The van der Waals surface area contributed by atoms with E-state index in [0.717, 1.165) is 54.9 Å². The second kappa shape index (κ2) is 8.37. The van der Waals surface area contributed by atoms with Crippen LogP contribution in [0.25, 0.3) is 10.9 Å². The van der Waals surface area contributed by atoms with Gasteiger partial charge in [0.05, 0.1) is 18.2 Å². The van der Waals surface area contributed by atoms with Crippen LogP contribution in [-0.2, 0) is 9.47 Å². The molecule has 1 unspecified atom stereocenters. The number of nitrogens with one attached hydrogen (secondary N) is 2. The Hall–Kier alpha value is -1.96. The molecule has 4 rings (SSSR count). The van der Waals surface area contributed by atoms with E-state index in [1.165, 1.54) is 0 Å². The molecule has 0 amide bonds. The first-order chi connectivity index (χ1) is 13.2. The van der Waals surface area contributed by atoms with Gasteiger partial charge >= 0.3 is 0 Å². The SMILES string of the molecule is CN(C)c1nc(NC2CCC(NCC3COCO3)CC2)nc2ccccc12. The summed E-state index contributed by atoms with van der Waals surface area (Å²) in [6, 6.07) is 9.15. The summed E-state index contributed by atoms with van der Waals surface area (Å²) in [5.41, 5.74) is 0.979. The summed E-state index contributed by atoms with van der Waals surface area (Å²) in [5, 5.41) is 8.27. The van der Waals surface area contributed by atoms with Crippen molar-refractivity contribution in [1.82, 2.24) is 15.3 Å². The zero-order valence-electron chi connectivity index (χ0n) is 16.1. The normalized spacial score (nSPS) is 25.6. The lowest BCUT2D eigenvalue weighted by atomic mass is 9.91. The Morgan fingerprint density at radius 1 is 1.07 bits per heavy atom. The second-order valence-electron chi connectivity index (χ2n) is 7.66. The number of nitrogens with zero attached hydrogens (tertiary/aromatic N) is 3. The first kappa shape index (κ1) is 18.4. The van der Waals surface area contributed by atoms with Gasteiger partial charge in [-0.25, -0.2) is 4.98 Å². The smallest absolute Gasteiger partial charge is 0.225 e. The molecule has 1 saturated heterocycles. The molecule has 1 aliphatic carbocycles. The molecule has 7 nitrogen and oxygen atoms in total. The van der Waals surface area contributed by atoms with Crippen LogP contribution in [0.2, 0.25) is 0 Å². The number of hydrogen-bond donors (Lipinski definition) is 2. The van der Waals surface area contributed by atoms with Gasteiger partial charge in [-0.05, 0) is 37.8 Å². The minimum atomic E-state index is 0.205. The lowest BCUT2D eigenvalue weighted by Gasteiger charge is -2.30. The maximum Gasteiger partial charge on any atom is 0.225 e. The number of benzene rings is 1. The number of fused-ring (bicyclic) bond motifs is 1. The number of para-hydroxylation sites is 1. The molecule has 27 heavy (non-hydrogen) atoms. The zero-order chi connectivity index (χ0) is 18.6. The summed E-state index contributed by atoms with van der Waals surface area (Å²) in [7, 11) is 4.04. The quantitative estimate of drug-likeness (QED) is 0.808. The van der Waals surface area contributed by atoms with Crippen molar-refractivity contribution in [3.8, 4) is 0 Å². The van der Waals surface area contributed by atoms with Crippen molar-refractivity contribution in [2.75, 3.05) is 44.3 Å². The lowest BCUT2D eigenvalue weighted by molar-refractivity contribution is 0.0458. The van der Waals surface area contributed by atoms with Crippen LogP contribution in [0, 0.1) is 0 Å². The molecule has 1 atom stereocenters. The van der Waals surface area contributed by atoms with Crippen LogP contribution in [0.15, 0.2) is 24.3 Å². The molecule has 2 N–H and O–H groups in total. The highest BCUT2D eigenvalue weighted by molar-refractivity contribution is 5.90. The van der Waals surface area contributed by atoms with Crippen molar-refractivity contribution in [2.45, 2.75) is 43.9 Å². The number of ether oxygens (including phenoxy) is 2. The summed E-state index contributed by atoms with van der Waals surface area (Å²) < 4.78 is 10.7. The Morgan fingerprint density at radius 3 is 2.59 bits per heavy atom. The van der Waals surface area contributed by atoms with Gasteiger partial charge in [-0.3, -0.25) is 0 Å². The molecule has 1 aromatic heterocycles. The molecule has 0 bridgehead atoms. The molecular weight excluding hydrogens is 342 g/mol. The lowest BCUT2D eigenvalue weighted by Crippen LogP contribution is -2.41. The summed E-state index contributed by atoms with van der Waals surface area (Å²) in [6.45, 7) is 2.02. The predicted octanol–water partition coefficient (Wildman–Crippen LogP) is 2.38. The van der Waals surface area contributed by atoms with Crippen LogP contribution in [0.5, 0.6) is 0 Å². The van der Waals surface area contributed by atoms with Gasteiger partial charge < -0.3 is 25.0 Å². The van der Waals surface area contributed by atoms with Crippen molar-refractivity contribution >= 4 is 22.7 Å². The van der Waals surface area contributed by atoms with Crippen molar-refractivity contribution < 1.29 is 9.47 Å². The largest absolute Gasteiger partial charge is 0.362 e. The molecule has 1 aliphatic heterocycles. The predicted molar refractivity (Wildman–Crippen MR) is 107 cm³/mol. The van der Waals surface area contributed by atoms with Gasteiger partial charge in [0.2, 0.25) is 5.95 Å². The third kappa shape index (κ3) is 4.48. The van der Waals surface area contributed by atoms with Crippen LogP contribution in [0.4, 0.5) is 11.8 Å². The molecule has 146 valence electrons. The molecule has 0 radical (unpaired) electrons. The van der Waals surface area contributed by atoms with Gasteiger partial charge in [0.1, 0.15) is 12.6 Å². The van der Waals surface area contributed by atoms with E-state index < -0.39 is 0 Å². The Labute approximate surface area is 160 Å². The molecule has 2 heterocycles. The van der Waals surface area contributed by atoms with Gasteiger partial charge in [-0.15, -0.1) is 0 Å². The van der Waals surface area contributed by atoms with Crippen LogP contribution < -0.4 is 15.5 Å². The monoisotopic (exact) mass is 371 g/mol. The van der Waals surface area contributed by atoms with E-state index in [9.17, 15) is 0 Å². The Balaban J connectivity index is 1.34. The number of rotatable bonds is 6. The Bertz CT molecular complexity index is 755. The van der Waals surface area contributed by atoms with Crippen molar-refractivity contribution in [1.29, 1.82) is 0 Å². The fourth-order valence-electron chi connectivity index (χ4n) is 3.88. The standard InChI is InChI=1S/C20H29N5O2/c1-25(2)19-17-5-3-4-6-18(17)23-20(24-19)22-15-9-7-14(8-10-15)21-11-16-12-26-13-27-16/h3-6,14-16,21H,7-13H2,1-2H3,(H,22,23,24). The van der Waals surface area contributed by atoms with Crippen LogP contribution >= 0.6 is 0 Å². The fraction of sp³-hybridized carbons (Fsp3) is 0.600. The van der Waals surface area contributed by atoms with Gasteiger partial charge in [0, 0.05) is 38.1 Å². The first-order valence-corrected chi connectivity index (χ1v) is 9.82. The summed E-state index contributed by atoms with van der Waals surface area (Å²) in [5.74, 6) is 1.68. The topological polar surface area (TPSA) is 71.5 Å². The number of aromatic nitrogens is 2. The van der Waals surface area contributed by atoms with E-state index in [4.69, 9.17) is 19.4 Å². The highest BCUT2D eigenvalue weighted by Gasteiger charge is 2.24. The average molecular weight is 371 g/mol. The molecule has 1 aromatic carbocycles. The average Bonchev–Trinajstić information content (AvgIpc) is 3.20. The minimum Gasteiger partial charge on any atom is -0.362 e. The third-order valence-electron chi connectivity index (χ3n) is 5.39. The van der Waals surface area contributed by atoms with Gasteiger partial charge in [0.25, 0.3) is 0 Å². The van der Waals surface area contributed by atoms with Crippen molar-refractivity contribution in [3.63, 3.8) is 0 Å². The molecule has 2 aliphatic rings. The van der Waals surface area contributed by atoms with Crippen molar-refractivity contribution in [3.05, 3.63) is 24.3 Å². The number of hydrogen-bond acceptors (Lipinski definition) is 7. The first-order valence-electron chi connectivity index (χ1n) is 9.82. The van der Waals surface area contributed by atoms with E-state index in [1.54, 1.807) is 0 Å². The molecular formula is C20H29N5O2. The van der Waals surface area contributed by atoms with Gasteiger partial charge in [-0.1, -0.05) is 12.1 Å². The van der Waals surface area contributed by atoms with E-state index in [1.807, 2.05) is 37.2 Å². The summed E-state index contributed by atoms with van der Waals surface area (Å²) in [6.07, 6.45) is 4.75. The molecule has 2 fully saturated rings. The Morgan fingerprint density at radius 2 is 1.85 bits per heavy atom. The molecule has 2 aromatic rings. The molecule has 7 heteroatoms. The highest BCUT2D eigenvalue weighted by atomic mass is 16.7. The van der Waals surface area contributed by atoms with Gasteiger partial charge in [0.15, 0.2) is 0 Å². The van der Waals surface area contributed by atoms with E-state index >= 15 is 0 Å². The van der Waals surface area contributed by atoms with E-state index in [2.05, 4.69) is 16.7 Å². The zero-order valence-corrected chi connectivity index (χ0v) is 16.1. The third-order valence-corrected chi connectivity index (χ3v) is 5.39. The summed E-state index contributed by atoms with van der Waals surface area (Å²) in [4.78, 5) is 11.5. The maximum absolute atomic E-state index is 5.49. The highest BCUT2D eigenvalue weighted by Crippen LogP contribution is 2.26. The van der Waals surface area contributed by atoms with E-state index in [-0.39, 0.29) is 6.10 Å². The number of anilines is 2. The Kier molecular flexibility index (Phi) is 5.71. The van der Waals surface area contributed by atoms with Crippen LogP contribution in [-0.4, -0.2) is 62.2 Å². The van der Waals surface area contributed by atoms with Crippen molar-refractivity contribution in [2.24, 2.45) is 0 Å².